The zero-order valence-corrected chi connectivity index (χ0v) is 15.4. The van der Waals surface area contributed by atoms with Crippen molar-refractivity contribution in [1.82, 2.24) is 10.2 Å². The summed E-state index contributed by atoms with van der Waals surface area (Å²) in [6.07, 6.45) is 3.80. The van der Waals surface area contributed by atoms with E-state index in [1.54, 1.807) is 17.3 Å². The highest BCUT2D eigenvalue weighted by molar-refractivity contribution is 5.79. The third-order valence-electron chi connectivity index (χ3n) is 5.00. The number of nitrogens with one attached hydrogen (secondary N) is 1. The zero-order valence-electron chi connectivity index (χ0n) is 15.4. The third kappa shape index (κ3) is 3.69. The van der Waals surface area contributed by atoms with Crippen molar-refractivity contribution in [2.75, 3.05) is 19.7 Å². The fourth-order valence-electron chi connectivity index (χ4n) is 3.69. The molecule has 1 aromatic heterocycles. The van der Waals surface area contributed by atoms with Crippen molar-refractivity contribution in [1.29, 1.82) is 0 Å². The predicted molar refractivity (Wildman–Crippen MR) is 101 cm³/mol. The number of alkyl halides is 2. The van der Waals surface area contributed by atoms with Gasteiger partial charge in [-0.15, -0.1) is 0 Å². The first-order valence-electron chi connectivity index (χ1n) is 9.14. The van der Waals surface area contributed by atoms with Gasteiger partial charge in [-0.3, -0.25) is 4.99 Å². The number of rotatable bonds is 4. The van der Waals surface area contributed by atoms with Crippen LogP contribution in [0.5, 0.6) is 5.75 Å². The SMILES string of the molecule is CC1=CN(C2CCNCC2(F)F)C(COc2ccc3oc(C)cc3c2)C=N1. The molecule has 4 rings (SSSR count). The van der Waals surface area contributed by atoms with Crippen LogP contribution in [0.15, 0.2) is 45.6 Å². The minimum absolute atomic E-state index is 0.246. The minimum atomic E-state index is -2.80. The van der Waals surface area contributed by atoms with Gasteiger partial charge in [0.15, 0.2) is 0 Å². The van der Waals surface area contributed by atoms with Crippen LogP contribution in [0.4, 0.5) is 8.78 Å². The highest BCUT2D eigenvalue weighted by Gasteiger charge is 2.46. The van der Waals surface area contributed by atoms with E-state index in [1.165, 1.54) is 0 Å². The Balaban J connectivity index is 1.51. The molecule has 0 bridgehead atoms. The standard InChI is InChI=1S/C20H23F2N3O2/c1-13-10-25(19-5-6-23-12-20(19,21)22)16(9-24-13)11-26-17-3-4-18-15(8-17)7-14(2)27-18/h3-4,7-10,16,19,23H,5-6,11-12H2,1-2H3. The average Bonchev–Trinajstić information content (AvgIpc) is 2.99. The molecule has 3 heterocycles. The van der Waals surface area contributed by atoms with Crippen LogP contribution in [0.2, 0.25) is 0 Å². The van der Waals surface area contributed by atoms with Gasteiger partial charge >= 0.3 is 0 Å². The zero-order chi connectivity index (χ0) is 19.0. The number of ether oxygens (including phenoxy) is 1. The molecule has 1 N–H and O–H groups in total. The molecule has 2 unspecified atom stereocenters. The second-order valence-corrected chi connectivity index (χ2v) is 7.17. The number of aliphatic imine (C=N–C) groups is 1. The molecule has 144 valence electrons. The van der Waals surface area contributed by atoms with Crippen molar-refractivity contribution in [3.8, 4) is 5.75 Å². The fraction of sp³-hybridized carbons (Fsp3) is 0.450. The molecule has 0 aliphatic carbocycles. The Bertz CT molecular complexity index is 890. The van der Waals surface area contributed by atoms with Gasteiger partial charge in [-0.2, -0.15) is 0 Å². The van der Waals surface area contributed by atoms with Gasteiger partial charge in [0, 0.05) is 17.8 Å². The maximum Gasteiger partial charge on any atom is 0.280 e. The Labute approximate surface area is 156 Å². The maximum absolute atomic E-state index is 14.5. The highest BCUT2D eigenvalue weighted by Crippen LogP contribution is 2.31. The average molecular weight is 375 g/mol. The third-order valence-corrected chi connectivity index (χ3v) is 5.00. The molecule has 7 heteroatoms. The Morgan fingerprint density at radius 2 is 2.19 bits per heavy atom. The van der Waals surface area contributed by atoms with Gasteiger partial charge in [-0.25, -0.2) is 8.78 Å². The first-order chi connectivity index (χ1) is 12.9. The van der Waals surface area contributed by atoms with Gasteiger partial charge in [-0.05, 0) is 51.1 Å². The molecule has 0 saturated carbocycles. The molecule has 1 aromatic carbocycles. The highest BCUT2D eigenvalue weighted by atomic mass is 19.3. The van der Waals surface area contributed by atoms with Crippen LogP contribution in [-0.2, 0) is 0 Å². The van der Waals surface area contributed by atoms with Gasteiger partial charge in [0.1, 0.15) is 23.7 Å². The molecular weight excluding hydrogens is 352 g/mol. The van der Waals surface area contributed by atoms with Crippen LogP contribution in [0, 0.1) is 6.92 Å². The monoisotopic (exact) mass is 375 g/mol. The number of benzene rings is 1. The maximum atomic E-state index is 14.5. The molecule has 5 nitrogen and oxygen atoms in total. The molecule has 0 radical (unpaired) electrons. The van der Waals surface area contributed by atoms with Gasteiger partial charge < -0.3 is 19.4 Å². The second kappa shape index (κ2) is 6.96. The normalized spacial score (nSPS) is 24.9. The van der Waals surface area contributed by atoms with E-state index in [2.05, 4.69) is 10.3 Å². The number of allylic oxidation sites excluding steroid dienone is 1. The molecule has 0 amide bonds. The van der Waals surface area contributed by atoms with Crippen molar-refractivity contribution in [3.05, 3.63) is 41.9 Å². The molecule has 2 atom stereocenters. The lowest BCUT2D eigenvalue weighted by molar-refractivity contribution is -0.0896. The number of fused-ring (bicyclic) bond motifs is 1. The molecule has 1 fully saturated rings. The molecule has 2 aliphatic rings. The molecule has 27 heavy (non-hydrogen) atoms. The molecular formula is C20H23F2N3O2. The Kier molecular flexibility index (Phi) is 4.63. The number of hydrogen-bond donors (Lipinski definition) is 1. The predicted octanol–water partition coefficient (Wildman–Crippen LogP) is 3.73. The van der Waals surface area contributed by atoms with Crippen LogP contribution in [-0.4, -0.2) is 48.8 Å². The van der Waals surface area contributed by atoms with Gasteiger partial charge in [0.05, 0.1) is 24.3 Å². The first-order valence-corrected chi connectivity index (χ1v) is 9.14. The van der Waals surface area contributed by atoms with E-state index < -0.39 is 12.0 Å². The summed E-state index contributed by atoms with van der Waals surface area (Å²) in [5.74, 6) is -1.28. The number of halogens is 2. The van der Waals surface area contributed by atoms with E-state index in [0.717, 1.165) is 22.4 Å². The number of hydrogen-bond acceptors (Lipinski definition) is 5. The molecule has 1 saturated heterocycles. The van der Waals surface area contributed by atoms with E-state index >= 15 is 0 Å². The summed E-state index contributed by atoms with van der Waals surface area (Å²) in [7, 11) is 0. The quantitative estimate of drug-likeness (QED) is 0.885. The van der Waals surface area contributed by atoms with Gasteiger partial charge in [-0.1, -0.05) is 0 Å². The summed E-state index contributed by atoms with van der Waals surface area (Å²) >= 11 is 0. The van der Waals surface area contributed by atoms with Crippen molar-refractivity contribution in [3.63, 3.8) is 0 Å². The topological polar surface area (TPSA) is 50.0 Å². The summed E-state index contributed by atoms with van der Waals surface area (Å²) in [4.78, 5) is 6.02. The molecule has 0 spiro atoms. The summed E-state index contributed by atoms with van der Waals surface area (Å²) < 4.78 is 40.4. The van der Waals surface area contributed by atoms with Crippen molar-refractivity contribution in [2.45, 2.75) is 38.3 Å². The van der Waals surface area contributed by atoms with Crippen molar-refractivity contribution < 1.29 is 17.9 Å². The van der Waals surface area contributed by atoms with Crippen molar-refractivity contribution in [2.24, 2.45) is 4.99 Å². The van der Waals surface area contributed by atoms with Gasteiger partial charge in [0.25, 0.3) is 5.92 Å². The van der Waals surface area contributed by atoms with Crippen LogP contribution in [0.25, 0.3) is 11.0 Å². The van der Waals surface area contributed by atoms with Crippen LogP contribution in [0.3, 0.4) is 0 Å². The first kappa shape index (κ1) is 18.0. The van der Waals surface area contributed by atoms with Gasteiger partial charge in [0.2, 0.25) is 0 Å². The fourth-order valence-corrected chi connectivity index (χ4v) is 3.69. The Morgan fingerprint density at radius 3 is 3.00 bits per heavy atom. The summed E-state index contributed by atoms with van der Waals surface area (Å²) in [5, 5.41) is 3.73. The molecule has 2 aliphatic heterocycles. The van der Waals surface area contributed by atoms with E-state index in [-0.39, 0.29) is 19.2 Å². The summed E-state index contributed by atoms with van der Waals surface area (Å²) in [6.45, 7) is 4.22. The summed E-state index contributed by atoms with van der Waals surface area (Å²) in [6, 6.07) is 6.32. The van der Waals surface area contributed by atoms with E-state index in [1.807, 2.05) is 38.1 Å². The number of piperidine rings is 1. The van der Waals surface area contributed by atoms with E-state index in [4.69, 9.17) is 9.15 Å². The Hall–Kier alpha value is -2.41. The minimum Gasteiger partial charge on any atom is -0.491 e. The summed E-state index contributed by atoms with van der Waals surface area (Å²) in [5.41, 5.74) is 1.52. The van der Waals surface area contributed by atoms with Crippen LogP contribution < -0.4 is 10.1 Å². The smallest absolute Gasteiger partial charge is 0.280 e. The lowest BCUT2D eigenvalue weighted by Crippen LogP contribution is -2.59. The largest absolute Gasteiger partial charge is 0.491 e. The lowest BCUT2D eigenvalue weighted by Gasteiger charge is -2.43. The second-order valence-electron chi connectivity index (χ2n) is 7.17. The number of nitrogens with zero attached hydrogens (tertiary/aromatic N) is 2. The molecule has 2 aromatic rings. The van der Waals surface area contributed by atoms with Crippen molar-refractivity contribution >= 4 is 17.2 Å². The number of aryl methyl sites for hydroxylation is 1. The van der Waals surface area contributed by atoms with Crippen LogP contribution >= 0.6 is 0 Å². The van der Waals surface area contributed by atoms with Crippen LogP contribution in [0.1, 0.15) is 19.1 Å². The lowest BCUT2D eigenvalue weighted by atomic mass is 9.98. The van der Waals surface area contributed by atoms with E-state index in [9.17, 15) is 8.78 Å². The van der Waals surface area contributed by atoms with E-state index in [0.29, 0.717) is 18.7 Å². The Morgan fingerprint density at radius 1 is 1.33 bits per heavy atom. The number of furan rings is 1.